The first-order valence-electron chi connectivity index (χ1n) is 44.7. The van der Waals surface area contributed by atoms with Crippen LogP contribution in [0.5, 0.6) is 46.0 Å². The molecule has 20 rings (SSSR count). The van der Waals surface area contributed by atoms with E-state index >= 15 is 0 Å². The average molecular weight is 1920 g/mol. The Kier molecular flexibility index (Phi) is 33.5. The Hall–Kier alpha value is -10.8. The molecule has 12 aromatic rings. The second kappa shape index (κ2) is 46.3. The van der Waals surface area contributed by atoms with E-state index in [2.05, 4.69) is 215 Å². The van der Waals surface area contributed by atoms with Crippen molar-refractivity contribution in [1.82, 2.24) is 24.9 Å². The Labute approximate surface area is 790 Å². The second-order valence-corrected chi connectivity index (χ2v) is 37.0. The summed E-state index contributed by atoms with van der Waals surface area (Å²) in [6, 6.07) is 96.8. The zero-order chi connectivity index (χ0) is 89.9. The third-order valence-corrected chi connectivity index (χ3v) is 26.9. The van der Waals surface area contributed by atoms with Gasteiger partial charge in [-0.3, -0.25) is 19.5 Å². The molecule has 16 nitrogen and oxygen atoms in total. The zero-order valence-electron chi connectivity index (χ0n) is 73.2. The van der Waals surface area contributed by atoms with Crippen molar-refractivity contribution in [2.75, 3.05) is 105 Å². The van der Waals surface area contributed by atoms with E-state index in [9.17, 15) is 14.3 Å². The van der Waals surface area contributed by atoms with Gasteiger partial charge in [-0.05, 0) is 195 Å². The number of halogens is 5. The largest absolute Gasteiger partial charge is 0.508 e. The predicted molar refractivity (Wildman–Crippen MR) is 521 cm³/mol. The van der Waals surface area contributed by atoms with Gasteiger partial charge in [0.15, 0.2) is 0 Å². The molecule has 4 N–H and O–H groups in total. The van der Waals surface area contributed by atoms with Gasteiger partial charge in [0.25, 0.3) is 0 Å². The minimum Gasteiger partial charge on any atom is -0.508 e. The number of carboxylic acid groups (broad SMARTS) is 1. The number of aliphatic carboxylic acids is 1. The number of benzene rings is 12. The topological polar surface area (TPSA) is 167 Å². The Bertz CT molecular complexity index is 5710. The molecule has 0 radical (unpaired) electrons. The molecule has 3 saturated heterocycles. The number of likely N-dealkylation sites (tertiary alicyclic amines) is 2. The first-order chi connectivity index (χ1) is 63.5. The molecule has 674 valence electrons. The van der Waals surface area contributed by atoms with Gasteiger partial charge in [-0.15, -0.1) is 0 Å². The predicted octanol–water partition coefficient (Wildman–Crippen LogP) is 22.2. The fraction of sp³-hybridized carbons (Fsp3) is 0.294. The lowest BCUT2D eigenvalue weighted by molar-refractivity contribution is -0.137. The molecule has 3 fully saturated rings. The number of rotatable bonds is 25. The highest BCUT2D eigenvalue weighted by Gasteiger charge is 2.47. The summed E-state index contributed by atoms with van der Waals surface area (Å²) in [6.45, 7) is 17.6. The number of carbonyl (C=O) groups is 1. The van der Waals surface area contributed by atoms with Gasteiger partial charge in [0, 0.05) is 145 Å². The Balaban J connectivity index is 0.000000123. The molecule has 8 aliphatic heterocycles. The summed E-state index contributed by atoms with van der Waals surface area (Å²) in [7, 11) is 0. The number of nitrogens with one attached hydrogen (secondary N) is 1. The molecule has 12 aromatic carbocycles. The Morgan fingerprint density at radius 3 is 1.46 bits per heavy atom. The number of carboxylic acids is 1. The van der Waals surface area contributed by atoms with Crippen LogP contribution < -0.4 is 38.5 Å². The number of piperidine rings is 1. The Morgan fingerprint density at radius 2 is 0.915 bits per heavy atom. The number of phenols is 1. The van der Waals surface area contributed by atoms with Crippen LogP contribution in [0.3, 0.4) is 0 Å². The molecule has 130 heavy (non-hydrogen) atoms. The summed E-state index contributed by atoms with van der Waals surface area (Å²) < 4.78 is 56.4. The molecule has 0 aromatic heterocycles. The first-order valence-corrected chi connectivity index (χ1v) is 47.0. The third kappa shape index (κ3) is 26.1. The van der Waals surface area contributed by atoms with Crippen LogP contribution in [0.25, 0.3) is 0 Å². The molecule has 0 amide bonds. The van der Waals surface area contributed by atoms with Crippen LogP contribution in [-0.4, -0.2) is 146 Å². The lowest BCUT2D eigenvalue weighted by Gasteiger charge is -2.39. The fourth-order valence-electron chi connectivity index (χ4n) is 17.9. The van der Waals surface area contributed by atoms with Crippen molar-refractivity contribution in [3.63, 3.8) is 0 Å². The molecule has 8 heterocycles. The van der Waals surface area contributed by atoms with E-state index in [1.54, 1.807) is 42.5 Å². The summed E-state index contributed by atoms with van der Waals surface area (Å²) in [4.78, 5) is 20.4. The summed E-state index contributed by atoms with van der Waals surface area (Å²) in [5, 5.41) is 31.7. The molecule has 0 bridgehead atoms. The van der Waals surface area contributed by atoms with Crippen molar-refractivity contribution < 1.29 is 57.7 Å². The number of hydrogen-bond donors (Lipinski definition) is 4. The summed E-state index contributed by atoms with van der Waals surface area (Å²) in [5.41, 5.74) is 15.9. The Morgan fingerprint density at radius 1 is 0.446 bits per heavy atom. The van der Waals surface area contributed by atoms with Crippen molar-refractivity contribution >= 4 is 61.0 Å². The van der Waals surface area contributed by atoms with Crippen molar-refractivity contribution in [2.45, 2.75) is 101 Å². The maximum absolute atomic E-state index is 13.3. The third-order valence-electron chi connectivity index (χ3n) is 24.9. The normalized spacial score (nSPS) is 18.5. The number of nitrogens with zero attached hydrogens (tertiary/aromatic N) is 4. The maximum atomic E-state index is 13.3. The number of aliphatic hydroxyl groups is 1. The highest BCUT2D eigenvalue weighted by Crippen LogP contribution is 2.49. The van der Waals surface area contributed by atoms with Gasteiger partial charge in [-0.1, -0.05) is 248 Å². The molecule has 21 heteroatoms. The number of phenolic OH excluding ortho intramolecular Hbond substituents is 1. The highest BCUT2D eigenvalue weighted by atomic mass is 79.9. The van der Waals surface area contributed by atoms with E-state index in [0.29, 0.717) is 53.2 Å². The van der Waals surface area contributed by atoms with Gasteiger partial charge >= 0.3 is 5.97 Å². The van der Waals surface area contributed by atoms with E-state index in [4.69, 9.17) is 66.6 Å². The monoisotopic (exact) mass is 1910 g/mol. The van der Waals surface area contributed by atoms with Crippen LogP contribution in [-0.2, 0) is 73.3 Å². The van der Waals surface area contributed by atoms with Crippen molar-refractivity contribution in [1.29, 1.82) is 0 Å². The second-order valence-electron chi connectivity index (χ2n) is 34.4. The standard InChI is InChI=1S/C26H27NO2.C25H24BrNO2.C21H21Cl2NO4.C14H12BrF.C12H15NO.C11H13NO2/c1-3-8-21(9-4-1)17-27-15-7-14-26(19-27)20-29-25-16-23(12-13-24(25)26)28-18-22-10-5-2-6-11-22;26-24-12-11-23(28-18-21-9-5-2-6-10-21)15-25(24)29-19-22-13-14-27(17-22)16-20-7-3-1-4-8-20;22-17-2-1-3-18(23)15(17)11-27-14-4-5-16-19(10-14)28-13-21(16)7-9-24(12-21)8-6-20(25)26;15-13-9-8-12(10-14(13)16)7-6-11-4-2-1-3-5-11;14-10-12-6-7-13(9-12)8-11-4-2-1-3-5-11;13-8-1-2-9-10(5-8)14-7-11(9)3-4-12-6-11/h1-6,8-13,16H,7,14-15,17-20H2;1-13,15H,14,16-19H2;1-5,10H,6-9,11-13H2,(H,25,26);1-5,8-10H,6-7H2;1-6,14H,7-10H2;1-2,5,12-13H,3-4,6-7H2. The van der Waals surface area contributed by atoms with Crippen LogP contribution in [0.4, 0.5) is 4.39 Å². The van der Waals surface area contributed by atoms with E-state index < -0.39 is 5.97 Å². The maximum Gasteiger partial charge on any atom is 0.304 e. The summed E-state index contributed by atoms with van der Waals surface area (Å²) in [6.07, 6.45) is 10.9. The van der Waals surface area contributed by atoms with Gasteiger partial charge in [-0.25, -0.2) is 4.39 Å². The van der Waals surface area contributed by atoms with Crippen LogP contribution in [0.2, 0.25) is 10.0 Å². The van der Waals surface area contributed by atoms with E-state index in [0.717, 1.165) is 185 Å². The summed E-state index contributed by atoms with van der Waals surface area (Å²) >= 11 is 19.1. The minimum atomic E-state index is -0.760. The van der Waals surface area contributed by atoms with Gasteiger partial charge in [-0.2, -0.15) is 0 Å². The number of fused-ring (bicyclic) bond motifs is 6. The van der Waals surface area contributed by atoms with Crippen LogP contribution >= 0.6 is 55.1 Å². The van der Waals surface area contributed by atoms with Crippen LogP contribution in [0.1, 0.15) is 93.3 Å². The van der Waals surface area contributed by atoms with Crippen molar-refractivity contribution in [3.8, 4) is 46.0 Å². The van der Waals surface area contributed by atoms with Crippen LogP contribution in [0, 0.1) is 5.82 Å². The SMILES string of the molecule is Brc1ccc(OCc2ccccc2)cc1OCC1=CCN(Cc2ccccc2)C1.Fc1cc(CCc2ccccc2)ccc1Br.O=C(O)CCN1CCC2(COc3cc(OCc4c(Cl)cccc4Cl)ccc32)C1.OCC1=CCN(Cc2ccccc2)C1.Oc1ccc2c(c1)OCC21CCNC1.c1ccc(COc2ccc3c(c2)OCC32CCCN(Cc3ccccc3)C2)cc1. The van der Waals surface area contributed by atoms with E-state index in [1.165, 1.54) is 62.9 Å². The lowest BCUT2D eigenvalue weighted by atomic mass is 9.75. The zero-order valence-corrected chi connectivity index (χ0v) is 77.8. The molecule has 3 atom stereocenters. The number of aromatic hydroxyl groups is 1. The fourth-order valence-corrected chi connectivity index (χ4v) is 19.0. The lowest BCUT2D eigenvalue weighted by Crippen LogP contribution is -2.46. The van der Waals surface area contributed by atoms with E-state index in [-0.39, 0.29) is 47.4 Å². The van der Waals surface area contributed by atoms with Crippen molar-refractivity contribution in [3.05, 3.63) is 400 Å². The highest BCUT2D eigenvalue weighted by molar-refractivity contribution is 9.10. The van der Waals surface area contributed by atoms with Gasteiger partial charge in [0.2, 0.25) is 0 Å². The molecule has 8 aliphatic rings. The molecular formula is C109H112Br2Cl2FN5O11. The van der Waals surface area contributed by atoms with Gasteiger partial charge in [0.05, 0.1) is 41.8 Å². The molecule has 0 aliphatic carbocycles. The molecular weight excluding hydrogens is 1800 g/mol. The number of aliphatic hydroxyl groups excluding tert-OH is 1. The molecule has 0 saturated carbocycles. The number of hydrogen-bond acceptors (Lipinski definition) is 15. The molecule has 3 unspecified atom stereocenters. The smallest absolute Gasteiger partial charge is 0.304 e. The van der Waals surface area contributed by atoms with Crippen LogP contribution in [0.15, 0.2) is 323 Å². The molecule has 3 spiro atoms. The average Bonchev–Trinajstić information content (AvgIpc) is 1.65. The first kappa shape index (κ1) is 93.9. The quantitative estimate of drug-likeness (QED) is 0.0399. The summed E-state index contributed by atoms with van der Waals surface area (Å²) in [5.74, 6) is 5.21. The number of aryl methyl sites for hydroxylation is 2. The van der Waals surface area contributed by atoms with E-state index in [1.807, 2.05) is 103 Å². The number of ether oxygens (including phenoxy) is 7. The minimum absolute atomic E-state index is 0.0571. The van der Waals surface area contributed by atoms with Crippen molar-refractivity contribution in [2.24, 2.45) is 0 Å². The van der Waals surface area contributed by atoms with Gasteiger partial charge in [0.1, 0.15) is 78.2 Å². The van der Waals surface area contributed by atoms with Gasteiger partial charge < -0.3 is 58.7 Å².